The Balaban J connectivity index is 1.74. The lowest BCUT2D eigenvalue weighted by Crippen LogP contribution is -2.36. The van der Waals surface area contributed by atoms with Crippen molar-refractivity contribution in [2.45, 2.75) is 0 Å². The number of carbonyl (C=O) groups excluding carboxylic acids is 2. The van der Waals surface area contributed by atoms with Crippen molar-refractivity contribution in [2.24, 2.45) is 0 Å². The topological polar surface area (TPSA) is 70.7 Å². The lowest BCUT2D eigenvalue weighted by molar-refractivity contribution is -0.114. The molecular weight excluding hydrogens is 410 g/mol. The number of benzene rings is 2. The van der Waals surface area contributed by atoms with E-state index in [1.165, 1.54) is 0 Å². The molecule has 0 aromatic heterocycles. The smallest absolute Gasteiger partial charge is 0.260 e. The van der Waals surface area contributed by atoms with E-state index in [0.29, 0.717) is 23.3 Å². The molecule has 0 unspecified atom stereocenters. The quantitative estimate of drug-likeness (QED) is 0.545. The Bertz CT molecular complexity index is 892. The van der Waals surface area contributed by atoms with Crippen LogP contribution >= 0.6 is 15.9 Å². The van der Waals surface area contributed by atoms with Gasteiger partial charge in [-0.15, -0.1) is 0 Å². The number of anilines is 1. The van der Waals surface area contributed by atoms with Gasteiger partial charge in [0.15, 0.2) is 0 Å². The number of nitrogens with one attached hydrogen (secondary N) is 2. The van der Waals surface area contributed by atoms with Gasteiger partial charge < -0.3 is 15.0 Å². The fourth-order valence-corrected chi connectivity index (χ4v) is 2.95. The van der Waals surface area contributed by atoms with Gasteiger partial charge in [-0.25, -0.2) is 0 Å². The maximum atomic E-state index is 12.2. The predicted octanol–water partition coefficient (Wildman–Crippen LogP) is 3.11. The number of fused-ring (bicyclic) bond motifs is 1. The van der Waals surface area contributed by atoms with Crippen molar-refractivity contribution in [3.8, 4) is 5.75 Å². The second-order valence-electron chi connectivity index (χ2n) is 6.35. The first-order valence-corrected chi connectivity index (χ1v) is 9.23. The fourth-order valence-electron chi connectivity index (χ4n) is 2.59. The van der Waals surface area contributed by atoms with E-state index in [1.54, 1.807) is 24.4 Å². The number of imide groups is 1. The number of ether oxygens (including phenoxy) is 1. The van der Waals surface area contributed by atoms with Gasteiger partial charge in [-0.3, -0.25) is 14.9 Å². The van der Waals surface area contributed by atoms with E-state index in [1.807, 2.05) is 38.4 Å². The van der Waals surface area contributed by atoms with Crippen LogP contribution < -0.4 is 15.4 Å². The molecule has 0 saturated carbocycles. The first-order valence-electron chi connectivity index (χ1n) is 8.44. The average molecular weight is 430 g/mol. The van der Waals surface area contributed by atoms with Crippen molar-refractivity contribution in [2.75, 3.05) is 32.6 Å². The van der Waals surface area contributed by atoms with Crippen molar-refractivity contribution in [1.82, 2.24) is 10.2 Å². The number of amides is 2. The Morgan fingerprint density at radius 3 is 2.52 bits per heavy atom. The van der Waals surface area contributed by atoms with Crippen molar-refractivity contribution in [3.63, 3.8) is 0 Å². The second-order valence-corrected chi connectivity index (χ2v) is 7.27. The maximum absolute atomic E-state index is 12.2. The van der Waals surface area contributed by atoms with Crippen LogP contribution in [-0.4, -0.2) is 44.0 Å². The van der Waals surface area contributed by atoms with Crippen LogP contribution in [-0.2, 0) is 4.79 Å². The third-order valence-electron chi connectivity index (χ3n) is 4.03. The molecule has 0 atom stereocenters. The molecule has 6 nitrogen and oxygen atoms in total. The molecule has 1 aliphatic rings. The molecule has 0 radical (unpaired) electrons. The Labute approximate surface area is 166 Å². The SMILES string of the molecule is CN(C)CCOc1ccc(NC=C2C(=O)NC(=O)c3ccc(Br)cc32)cc1. The van der Waals surface area contributed by atoms with Crippen LogP contribution in [0.4, 0.5) is 5.69 Å². The van der Waals surface area contributed by atoms with E-state index in [2.05, 4.69) is 31.5 Å². The summed E-state index contributed by atoms with van der Waals surface area (Å²) in [6, 6.07) is 12.7. The summed E-state index contributed by atoms with van der Waals surface area (Å²) in [4.78, 5) is 26.3. The van der Waals surface area contributed by atoms with Gasteiger partial charge in [-0.2, -0.15) is 0 Å². The molecule has 0 aliphatic carbocycles. The number of carbonyl (C=O) groups is 2. The molecule has 0 fully saturated rings. The molecule has 2 N–H and O–H groups in total. The van der Waals surface area contributed by atoms with Crippen LogP contribution in [0, 0.1) is 0 Å². The standard InChI is InChI=1S/C20H20BrN3O3/c1-24(2)9-10-27-15-6-4-14(5-7-15)22-12-18-17-11-13(21)3-8-16(17)19(25)23-20(18)26/h3-8,11-12,22H,9-10H2,1-2H3,(H,23,25,26). The molecule has 0 spiro atoms. The Morgan fingerprint density at radius 1 is 1.07 bits per heavy atom. The molecule has 1 heterocycles. The van der Waals surface area contributed by atoms with Crippen LogP contribution in [0.5, 0.6) is 5.75 Å². The summed E-state index contributed by atoms with van der Waals surface area (Å²) >= 11 is 3.38. The minimum absolute atomic E-state index is 0.390. The van der Waals surface area contributed by atoms with E-state index < -0.39 is 5.91 Å². The molecular formula is C20H20BrN3O3. The first-order chi connectivity index (χ1) is 12.9. The largest absolute Gasteiger partial charge is 0.492 e. The highest BCUT2D eigenvalue weighted by Crippen LogP contribution is 2.27. The summed E-state index contributed by atoms with van der Waals surface area (Å²) in [6.07, 6.45) is 1.61. The fraction of sp³-hybridized carbons (Fsp3) is 0.200. The van der Waals surface area contributed by atoms with Crippen molar-refractivity contribution < 1.29 is 14.3 Å². The molecule has 27 heavy (non-hydrogen) atoms. The highest BCUT2D eigenvalue weighted by atomic mass is 79.9. The van der Waals surface area contributed by atoms with E-state index in [9.17, 15) is 9.59 Å². The van der Waals surface area contributed by atoms with E-state index in [4.69, 9.17) is 4.74 Å². The highest BCUT2D eigenvalue weighted by Gasteiger charge is 2.27. The zero-order chi connectivity index (χ0) is 19.4. The monoisotopic (exact) mass is 429 g/mol. The van der Waals surface area contributed by atoms with Gasteiger partial charge in [0.2, 0.25) is 0 Å². The number of nitrogens with zero attached hydrogens (tertiary/aromatic N) is 1. The van der Waals surface area contributed by atoms with Gasteiger partial charge in [-0.05, 0) is 56.6 Å². The summed E-state index contributed by atoms with van der Waals surface area (Å²) in [5, 5.41) is 5.47. The molecule has 3 rings (SSSR count). The van der Waals surface area contributed by atoms with Crippen molar-refractivity contribution >= 4 is 39.0 Å². The van der Waals surface area contributed by atoms with Crippen LogP contribution in [0.15, 0.2) is 53.1 Å². The molecule has 1 aliphatic heterocycles. The van der Waals surface area contributed by atoms with Gasteiger partial charge >= 0.3 is 0 Å². The lowest BCUT2D eigenvalue weighted by atomic mass is 9.95. The van der Waals surface area contributed by atoms with E-state index in [0.717, 1.165) is 22.5 Å². The van der Waals surface area contributed by atoms with Gasteiger partial charge in [0.1, 0.15) is 12.4 Å². The summed E-state index contributed by atoms with van der Waals surface area (Å²) in [5.74, 6) is -0.0362. The maximum Gasteiger partial charge on any atom is 0.260 e. The summed E-state index contributed by atoms with van der Waals surface area (Å²) < 4.78 is 6.46. The van der Waals surface area contributed by atoms with Crippen LogP contribution in [0.1, 0.15) is 15.9 Å². The van der Waals surface area contributed by atoms with Gasteiger partial charge in [-0.1, -0.05) is 15.9 Å². The third kappa shape index (κ3) is 4.75. The normalized spacial score (nSPS) is 14.9. The van der Waals surface area contributed by atoms with Gasteiger partial charge in [0, 0.05) is 34.0 Å². The minimum atomic E-state index is -0.429. The van der Waals surface area contributed by atoms with Crippen molar-refractivity contribution in [1.29, 1.82) is 0 Å². The summed E-state index contributed by atoms with van der Waals surface area (Å²) in [6.45, 7) is 1.46. The van der Waals surface area contributed by atoms with Crippen LogP contribution in [0.25, 0.3) is 5.57 Å². The lowest BCUT2D eigenvalue weighted by Gasteiger charge is -2.18. The molecule has 2 aromatic carbocycles. The zero-order valence-electron chi connectivity index (χ0n) is 15.1. The number of rotatable bonds is 6. The highest BCUT2D eigenvalue weighted by molar-refractivity contribution is 9.10. The predicted molar refractivity (Wildman–Crippen MR) is 109 cm³/mol. The number of hydrogen-bond donors (Lipinski definition) is 2. The Hall–Kier alpha value is -2.64. The average Bonchev–Trinajstić information content (AvgIpc) is 2.62. The molecule has 0 bridgehead atoms. The Kier molecular flexibility index (Phi) is 5.93. The van der Waals surface area contributed by atoms with Crippen molar-refractivity contribution in [3.05, 3.63) is 64.3 Å². The van der Waals surface area contributed by atoms with Gasteiger partial charge in [0.05, 0.1) is 5.57 Å². The molecule has 7 heteroatoms. The zero-order valence-corrected chi connectivity index (χ0v) is 16.7. The van der Waals surface area contributed by atoms with E-state index >= 15 is 0 Å². The van der Waals surface area contributed by atoms with E-state index in [-0.39, 0.29) is 5.91 Å². The molecule has 2 amide bonds. The van der Waals surface area contributed by atoms with Crippen LogP contribution in [0.2, 0.25) is 0 Å². The summed E-state index contributed by atoms with van der Waals surface area (Å²) in [5.41, 5.74) is 2.27. The molecule has 0 saturated heterocycles. The number of likely N-dealkylation sites (N-methyl/N-ethyl adjacent to an activating group) is 1. The Morgan fingerprint density at radius 2 is 1.81 bits per heavy atom. The molecule has 140 valence electrons. The minimum Gasteiger partial charge on any atom is -0.492 e. The number of hydrogen-bond acceptors (Lipinski definition) is 5. The van der Waals surface area contributed by atoms with Crippen LogP contribution in [0.3, 0.4) is 0 Å². The summed E-state index contributed by atoms with van der Waals surface area (Å²) in [7, 11) is 3.99. The first kappa shape index (κ1) is 19.1. The van der Waals surface area contributed by atoms with Gasteiger partial charge in [0.25, 0.3) is 11.8 Å². The second kappa shape index (κ2) is 8.37. The number of halogens is 1. The third-order valence-corrected chi connectivity index (χ3v) is 4.53. The molecule has 2 aromatic rings.